The molecule has 2 N–H and O–H groups in total. The first-order chi connectivity index (χ1) is 7.68. The predicted molar refractivity (Wildman–Crippen MR) is 64.5 cm³/mol. The summed E-state index contributed by atoms with van der Waals surface area (Å²) in [5, 5.41) is 11.2. The van der Waals surface area contributed by atoms with Crippen molar-refractivity contribution in [2.24, 2.45) is 5.92 Å². The van der Waals surface area contributed by atoms with Gasteiger partial charge in [-0.2, -0.15) is 0 Å². The molecule has 1 aliphatic rings. The van der Waals surface area contributed by atoms with E-state index in [2.05, 4.69) is 5.32 Å². The van der Waals surface area contributed by atoms with Crippen LogP contribution in [-0.2, 0) is 9.59 Å². The van der Waals surface area contributed by atoms with Gasteiger partial charge in [0.1, 0.15) is 0 Å². The Hall–Kier alpha value is -0.710. The Labute approximate surface area is 100 Å². The maximum Gasteiger partial charge on any atom is 0.313 e. The quantitative estimate of drug-likeness (QED) is 0.713. The molecule has 0 aromatic heterocycles. The first-order valence-corrected chi connectivity index (χ1v) is 6.90. The molecule has 0 saturated heterocycles. The van der Waals surface area contributed by atoms with Crippen LogP contribution in [0.5, 0.6) is 0 Å². The zero-order valence-electron chi connectivity index (χ0n) is 9.41. The van der Waals surface area contributed by atoms with E-state index in [1.54, 1.807) is 0 Å². The summed E-state index contributed by atoms with van der Waals surface area (Å²) in [5.74, 6) is 0.104. The number of amides is 1. The van der Waals surface area contributed by atoms with Gasteiger partial charge in [0.05, 0.1) is 11.5 Å². The summed E-state index contributed by atoms with van der Waals surface area (Å²) in [4.78, 5) is 21.5. The fourth-order valence-electron chi connectivity index (χ4n) is 2.00. The summed E-state index contributed by atoms with van der Waals surface area (Å²) in [5.41, 5.74) is 0. The Morgan fingerprint density at radius 3 is 2.56 bits per heavy atom. The Morgan fingerprint density at radius 2 is 1.94 bits per heavy atom. The lowest BCUT2D eigenvalue weighted by Gasteiger charge is -2.09. The largest absolute Gasteiger partial charge is 0.481 e. The van der Waals surface area contributed by atoms with Crippen LogP contribution in [0.4, 0.5) is 0 Å². The molecule has 0 aliphatic heterocycles. The van der Waals surface area contributed by atoms with E-state index >= 15 is 0 Å². The maximum atomic E-state index is 11.3. The highest BCUT2D eigenvalue weighted by atomic mass is 32.2. The molecule has 0 heterocycles. The van der Waals surface area contributed by atoms with E-state index in [0.717, 1.165) is 30.6 Å². The zero-order valence-corrected chi connectivity index (χ0v) is 10.2. The summed E-state index contributed by atoms with van der Waals surface area (Å²) in [7, 11) is 0. The van der Waals surface area contributed by atoms with Gasteiger partial charge in [0.2, 0.25) is 5.91 Å². The van der Waals surface area contributed by atoms with E-state index in [0.29, 0.717) is 0 Å². The van der Waals surface area contributed by atoms with Gasteiger partial charge in [-0.15, -0.1) is 11.8 Å². The van der Waals surface area contributed by atoms with E-state index in [1.807, 2.05) is 0 Å². The molecule has 1 saturated carbocycles. The third-order valence-corrected chi connectivity index (χ3v) is 3.73. The molecule has 16 heavy (non-hydrogen) atoms. The molecule has 1 aliphatic carbocycles. The lowest BCUT2D eigenvalue weighted by atomic mass is 10.0. The molecule has 0 spiro atoms. The number of carbonyl (C=O) groups excluding carboxylic acids is 1. The molecule has 0 aromatic rings. The van der Waals surface area contributed by atoms with E-state index in [9.17, 15) is 9.59 Å². The van der Waals surface area contributed by atoms with Crippen molar-refractivity contribution in [1.29, 1.82) is 0 Å². The van der Waals surface area contributed by atoms with Gasteiger partial charge in [-0.25, -0.2) is 0 Å². The minimum atomic E-state index is -0.872. The topological polar surface area (TPSA) is 66.4 Å². The van der Waals surface area contributed by atoms with E-state index in [4.69, 9.17) is 5.11 Å². The third-order valence-electron chi connectivity index (χ3n) is 2.81. The van der Waals surface area contributed by atoms with Gasteiger partial charge >= 0.3 is 5.97 Å². The van der Waals surface area contributed by atoms with Gasteiger partial charge in [0.25, 0.3) is 0 Å². The monoisotopic (exact) mass is 245 g/mol. The molecule has 0 unspecified atom stereocenters. The van der Waals surface area contributed by atoms with Crippen molar-refractivity contribution in [3.05, 3.63) is 0 Å². The van der Waals surface area contributed by atoms with Gasteiger partial charge in [0.15, 0.2) is 0 Å². The van der Waals surface area contributed by atoms with Crippen LogP contribution >= 0.6 is 11.8 Å². The second kappa shape index (κ2) is 7.54. The van der Waals surface area contributed by atoms with E-state index < -0.39 is 5.97 Å². The molecule has 0 aromatic carbocycles. The minimum Gasteiger partial charge on any atom is -0.481 e. The van der Waals surface area contributed by atoms with Crippen molar-refractivity contribution in [2.75, 3.05) is 18.1 Å². The van der Waals surface area contributed by atoms with Gasteiger partial charge in [-0.05, 0) is 12.3 Å². The van der Waals surface area contributed by atoms with Gasteiger partial charge < -0.3 is 10.4 Å². The summed E-state index contributed by atoms with van der Waals surface area (Å²) >= 11 is 1.14. The minimum absolute atomic E-state index is 0.00392. The number of hydrogen-bond acceptors (Lipinski definition) is 3. The number of thioether (sulfide) groups is 1. The molecular formula is C11H19NO3S. The maximum absolute atomic E-state index is 11.3. The number of carbonyl (C=O) groups is 2. The van der Waals surface area contributed by atoms with Crippen LogP contribution in [0.15, 0.2) is 0 Å². The Morgan fingerprint density at radius 1 is 1.25 bits per heavy atom. The molecule has 0 radical (unpaired) electrons. The highest BCUT2D eigenvalue weighted by molar-refractivity contribution is 8.00. The predicted octanol–water partition coefficient (Wildman–Crippen LogP) is 1.50. The summed E-state index contributed by atoms with van der Waals surface area (Å²) in [6.07, 6.45) is 6.31. The van der Waals surface area contributed by atoms with Gasteiger partial charge in [-0.1, -0.05) is 25.7 Å². The lowest BCUT2D eigenvalue weighted by molar-refractivity contribution is -0.133. The van der Waals surface area contributed by atoms with Crippen LogP contribution in [0.2, 0.25) is 0 Å². The number of nitrogens with one attached hydrogen (secondary N) is 1. The molecular weight excluding hydrogens is 226 g/mol. The Balaban J connectivity index is 1.95. The average Bonchev–Trinajstić information content (AvgIpc) is 2.70. The van der Waals surface area contributed by atoms with Crippen molar-refractivity contribution < 1.29 is 14.7 Å². The molecule has 5 heteroatoms. The van der Waals surface area contributed by atoms with Crippen LogP contribution < -0.4 is 5.32 Å². The number of rotatable bonds is 7. The van der Waals surface area contributed by atoms with Crippen LogP contribution in [0.3, 0.4) is 0 Å². The second-order valence-corrected chi connectivity index (χ2v) is 5.16. The molecule has 0 atom stereocenters. The summed E-state index contributed by atoms with van der Waals surface area (Å²) < 4.78 is 0. The van der Waals surface area contributed by atoms with Crippen LogP contribution in [0.25, 0.3) is 0 Å². The van der Waals surface area contributed by atoms with Crippen LogP contribution in [0, 0.1) is 5.92 Å². The average molecular weight is 245 g/mol. The van der Waals surface area contributed by atoms with Gasteiger partial charge in [-0.3, -0.25) is 9.59 Å². The van der Waals surface area contributed by atoms with Crippen molar-refractivity contribution in [3.8, 4) is 0 Å². The highest BCUT2D eigenvalue weighted by Crippen LogP contribution is 2.26. The van der Waals surface area contributed by atoms with Crippen molar-refractivity contribution in [3.63, 3.8) is 0 Å². The standard InChI is InChI=1S/C11H19NO3S/c13-10(7-16-8-11(14)15)12-6-5-9-3-1-2-4-9/h9H,1-8H2,(H,12,13)(H,14,15). The molecule has 1 rings (SSSR count). The number of hydrogen-bond donors (Lipinski definition) is 2. The number of aliphatic carboxylic acids is 1. The fourth-order valence-corrected chi connectivity index (χ4v) is 2.56. The molecule has 92 valence electrons. The second-order valence-electron chi connectivity index (χ2n) is 4.18. The SMILES string of the molecule is O=C(O)CSCC(=O)NCCC1CCCC1. The van der Waals surface area contributed by atoms with Crippen LogP contribution in [0.1, 0.15) is 32.1 Å². The van der Waals surface area contributed by atoms with Crippen molar-refractivity contribution >= 4 is 23.6 Å². The lowest BCUT2D eigenvalue weighted by Crippen LogP contribution is -2.27. The van der Waals surface area contributed by atoms with E-state index in [-0.39, 0.29) is 17.4 Å². The normalized spacial score (nSPS) is 16.2. The van der Waals surface area contributed by atoms with Crippen molar-refractivity contribution in [1.82, 2.24) is 5.32 Å². The third kappa shape index (κ3) is 6.00. The summed E-state index contributed by atoms with van der Waals surface area (Å²) in [6.45, 7) is 0.733. The molecule has 4 nitrogen and oxygen atoms in total. The van der Waals surface area contributed by atoms with E-state index in [1.165, 1.54) is 25.7 Å². The molecule has 0 bridgehead atoms. The van der Waals surface area contributed by atoms with Crippen LogP contribution in [-0.4, -0.2) is 35.0 Å². The Kier molecular flexibility index (Phi) is 6.30. The first-order valence-electron chi connectivity index (χ1n) is 5.74. The molecule has 1 amide bonds. The summed E-state index contributed by atoms with van der Waals surface area (Å²) in [6, 6.07) is 0. The fraction of sp³-hybridized carbons (Fsp3) is 0.818. The molecule has 1 fully saturated rings. The Bertz CT molecular complexity index is 239. The highest BCUT2D eigenvalue weighted by Gasteiger charge is 2.14. The smallest absolute Gasteiger partial charge is 0.313 e. The number of carboxylic acids is 1. The first kappa shape index (κ1) is 13.4. The zero-order chi connectivity index (χ0) is 11.8. The van der Waals surface area contributed by atoms with Gasteiger partial charge in [0, 0.05) is 6.54 Å². The number of carboxylic acid groups (broad SMARTS) is 1. The van der Waals surface area contributed by atoms with Crippen molar-refractivity contribution in [2.45, 2.75) is 32.1 Å².